The first-order valence-electron chi connectivity index (χ1n) is 10.5. The first kappa shape index (κ1) is 26.2. The molecule has 0 saturated heterocycles. The number of para-hydroxylation sites is 1. The van der Waals surface area contributed by atoms with Gasteiger partial charge in [-0.15, -0.1) is 0 Å². The number of carbonyl (C=O) groups is 3. The molecule has 3 N–H and O–H groups in total. The van der Waals surface area contributed by atoms with Gasteiger partial charge in [-0.25, -0.2) is 5.43 Å². The molecule has 0 atom stereocenters. The van der Waals surface area contributed by atoms with Crippen LogP contribution in [0.4, 0.5) is 11.4 Å². The van der Waals surface area contributed by atoms with E-state index in [0.717, 1.165) is 4.47 Å². The molecule has 186 valence electrons. The quantitative estimate of drug-likeness (QED) is 0.220. The Hall–Kier alpha value is -4.38. The van der Waals surface area contributed by atoms with Gasteiger partial charge in [-0.05, 0) is 48.5 Å². The third-order valence-corrected chi connectivity index (χ3v) is 5.32. The van der Waals surface area contributed by atoms with Crippen molar-refractivity contribution in [1.82, 2.24) is 5.43 Å². The molecule has 0 aliphatic carbocycles. The highest BCUT2D eigenvalue weighted by Crippen LogP contribution is 2.37. The van der Waals surface area contributed by atoms with E-state index in [0.29, 0.717) is 28.5 Å². The minimum atomic E-state index is -1.03. The average Bonchev–Trinajstić information content (AvgIpc) is 2.89. The van der Waals surface area contributed by atoms with Gasteiger partial charge in [0.05, 0.1) is 38.8 Å². The summed E-state index contributed by atoms with van der Waals surface area (Å²) in [5, 5.41) is 8.99. The van der Waals surface area contributed by atoms with Crippen molar-refractivity contribution in [2.45, 2.75) is 0 Å². The molecule has 3 rings (SSSR count). The van der Waals surface area contributed by atoms with Crippen molar-refractivity contribution in [3.05, 3.63) is 76.3 Å². The van der Waals surface area contributed by atoms with Gasteiger partial charge in [0, 0.05) is 15.7 Å². The van der Waals surface area contributed by atoms with Gasteiger partial charge < -0.3 is 24.8 Å². The fourth-order valence-corrected chi connectivity index (χ4v) is 3.36. The molecule has 0 bridgehead atoms. The zero-order valence-electron chi connectivity index (χ0n) is 19.6. The van der Waals surface area contributed by atoms with E-state index in [4.69, 9.17) is 14.2 Å². The SMILES string of the molecule is COc1cc(/C=N\NC(=O)C(=O)Nc2ccccc2C(=O)Nc2ccc(Br)cc2)cc(OC)c1OC. The molecule has 36 heavy (non-hydrogen) atoms. The van der Waals surface area contributed by atoms with Gasteiger partial charge in [-0.2, -0.15) is 5.10 Å². The maximum Gasteiger partial charge on any atom is 0.329 e. The molecular formula is C25H23BrN4O6. The molecule has 3 amide bonds. The molecule has 0 aliphatic rings. The van der Waals surface area contributed by atoms with Crippen LogP contribution >= 0.6 is 15.9 Å². The number of methoxy groups -OCH3 is 3. The number of carbonyl (C=O) groups excluding carboxylic acids is 3. The summed E-state index contributed by atoms with van der Waals surface area (Å²) in [6.07, 6.45) is 1.31. The summed E-state index contributed by atoms with van der Waals surface area (Å²) in [6, 6.07) is 16.6. The summed E-state index contributed by atoms with van der Waals surface area (Å²) < 4.78 is 16.7. The third kappa shape index (κ3) is 6.60. The second-order valence-corrected chi connectivity index (χ2v) is 8.03. The first-order valence-corrected chi connectivity index (χ1v) is 11.3. The normalized spacial score (nSPS) is 10.4. The molecular weight excluding hydrogens is 532 g/mol. The van der Waals surface area contributed by atoms with Crippen LogP contribution < -0.4 is 30.3 Å². The van der Waals surface area contributed by atoms with E-state index in [1.165, 1.54) is 39.7 Å². The number of hydrogen-bond donors (Lipinski definition) is 3. The molecule has 3 aromatic carbocycles. The molecule has 0 spiro atoms. The molecule has 0 fully saturated rings. The Morgan fingerprint density at radius 1 is 0.833 bits per heavy atom. The van der Waals surface area contributed by atoms with Crippen molar-refractivity contribution in [2.24, 2.45) is 5.10 Å². The second-order valence-electron chi connectivity index (χ2n) is 7.12. The number of halogens is 1. The summed E-state index contributed by atoms with van der Waals surface area (Å²) in [6.45, 7) is 0. The van der Waals surface area contributed by atoms with E-state index in [1.54, 1.807) is 48.5 Å². The summed E-state index contributed by atoms with van der Waals surface area (Å²) in [5.74, 6) is -1.26. The molecule has 0 heterocycles. The fraction of sp³-hybridized carbons (Fsp3) is 0.120. The number of amides is 3. The number of nitrogens with zero attached hydrogens (tertiary/aromatic N) is 1. The number of hydrogen-bond acceptors (Lipinski definition) is 7. The van der Waals surface area contributed by atoms with Gasteiger partial charge in [0.15, 0.2) is 11.5 Å². The van der Waals surface area contributed by atoms with E-state index in [-0.39, 0.29) is 11.3 Å². The number of rotatable bonds is 8. The van der Waals surface area contributed by atoms with Crippen LogP contribution in [0, 0.1) is 0 Å². The predicted octanol–water partition coefficient (Wildman–Crippen LogP) is 3.82. The van der Waals surface area contributed by atoms with Crippen molar-refractivity contribution in [3.8, 4) is 17.2 Å². The van der Waals surface area contributed by atoms with Crippen LogP contribution in [0.5, 0.6) is 17.2 Å². The molecule has 0 saturated carbocycles. The van der Waals surface area contributed by atoms with Gasteiger partial charge in [0.25, 0.3) is 5.91 Å². The Bertz CT molecular complexity index is 1270. The highest BCUT2D eigenvalue weighted by atomic mass is 79.9. The smallest absolute Gasteiger partial charge is 0.329 e. The lowest BCUT2D eigenvalue weighted by molar-refractivity contribution is -0.136. The van der Waals surface area contributed by atoms with Crippen molar-refractivity contribution in [2.75, 3.05) is 32.0 Å². The minimum absolute atomic E-state index is 0.167. The van der Waals surface area contributed by atoms with E-state index < -0.39 is 17.7 Å². The molecule has 0 radical (unpaired) electrons. The van der Waals surface area contributed by atoms with Gasteiger partial charge in [0.2, 0.25) is 5.75 Å². The number of benzene rings is 3. The summed E-state index contributed by atoms with van der Waals surface area (Å²) in [7, 11) is 4.43. The van der Waals surface area contributed by atoms with Crippen LogP contribution in [0.15, 0.2) is 70.2 Å². The van der Waals surface area contributed by atoms with Crippen molar-refractivity contribution < 1.29 is 28.6 Å². The van der Waals surface area contributed by atoms with Crippen molar-refractivity contribution >= 4 is 51.2 Å². The Morgan fingerprint density at radius 2 is 1.47 bits per heavy atom. The lowest BCUT2D eigenvalue weighted by Gasteiger charge is -2.12. The Kier molecular flexibility index (Phi) is 9.01. The molecule has 0 aliphatic heterocycles. The van der Waals surface area contributed by atoms with Crippen LogP contribution in [-0.2, 0) is 9.59 Å². The van der Waals surface area contributed by atoms with Gasteiger partial charge in [0.1, 0.15) is 0 Å². The molecule has 11 heteroatoms. The van der Waals surface area contributed by atoms with Crippen LogP contribution in [0.25, 0.3) is 0 Å². The summed E-state index contributed by atoms with van der Waals surface area (Å²) in [4.78, 5) is 37.4. The molecule has 0 unspecified atom stereocenters. The number of ether oxygens (including phenoxy) is 3. The van der Waals surface area contributed by atoms with Crippen molar-refractivity contribution in [3.63, 3.8) is 0 Å². The summed E-state index contributed by atoms with van der Waals surface area (Å²) >= 11 is 3.33. The minimum Gasteiger partial charge on any atom is -0.493 e. The molecule has 0 aromatic heterocycles. The van der Waals surface area contributed by atoms with Crippen molar-refractivity contribution in [1.29, 1.82) is 0 Å². The lowest BCUT2D eigenvalue weighted by atomic mass is 10.1. The highest BCUT2D eigenvalue weighted by Gasteiger charge is 2.18. The van der Waals surface area contributed by atoms with E-state index in [1.807, 2.05) is 0 Å². The second kappa shape index (κ2) is 12.4. The maximum atomic E-state index is 12.7. The van der Waals surface area contributed by atoms with Crippen LogP contribution in [0.1, 0.15) is 15.9 Å². The summed E-state index contributed by atoms with van der Waals surface area (Å²) in [5.41, 5.74) is 3.60. The van der Waals surface area contributed by atoms with E-state index >= 15 is 0 Å². The first-order chi connectivity index (χ1) is 17.4. The Balaban J connectivity index is 1.66. The zero-order chi connectivity index (χ0) is 26.1. The third-order valence-electron chi connectivity index (χ3n) is 4.79. The van der Waals surface area contributed by atoms with Crippen LogP contribution in [0.2, 0.25) is 0 Å². The van der Waals surface area contributed by atoms with Gasteiger partial charge >= 0.3 is 11.8 Å². The average molecular weight is 555 g/mol. The maximum absolute atomic E-state index is 12.7. The molecule has 3 aromatic rings. The highest BCUT2D eigenvalue weighted by molar-refractivity contribution is 9.10. The fourth-order valence-electron chi connectivity index (χ4n) is 3.09. The topological polar surface area (TPSA) is 127 Å². The Morgan fingerprint density at radius 3 is 2.08 bits per heavy atom. The Labute approximate surface area is 215 Å². The lowest BCUT2D eigenvalue weighted by Crippen LogP contribution is -2.33. The van der Waals surface area contributed by atoms with Crippen LogP contribution in [0.3, 0.4) is 0 Å². The van der Waals surface area contributed by atoms with E-state index in [9.17, 15) is 14.4 Å². The largest absolute Gasteiger partial charge is 0.493 e. The van der Waals surface area contributed by atoms with Gasteiger partial charge in [-0.1, -0.05) is 28.1 Å². The van der Waals surface area contributed by atoms with E-state index in [2.05, 4.69) is 37.1 Å². The number of hydrazone groups is 1. The molecule has 10 nitrogen and oxygen atoms in total. The zero-order valence-corrected chi connectivity index (χ0v) is 21.2. The monoisotopic (exact) mass is 554 g/mol. The van der Waals surface area contributed by atoms with Crippen LogP contribution in [-0.4, -0.2) is 45.3 Å². The van der Waals surface area contributed by atoms with Gasteiger partial charge in [-0.3, -0.25) is 14.4 Å². The number of anilines is 2. The predicted molar refractivity (Wildman–Crippen MR) is 139 cm³/mol. The number of nitrogens with one attached hydrogen (secondary N) is 3. The standard InChI is InChI=1S/C25H23BrN4O6/c1-34-20-12-15(13-21(35-2)22(20)36-3)14-27-30-25(33)24(32)29-19-7-5-4-6-18(19)23(31)28-17-10-8-16(26)9-11-17/h4-14H,1-3H3,(H,28,31)(H,29,32)(H,30,33)/b27-14-.